The monoisotopic (exact) mass is 533 g/mol. The highest BCUT2D eigenvalue weighted by Crippen LogP contribution is 2.33. The lowest BCUT2D eigenvalue weighted by molar-refractivity contribution is 0.116. The van der Waals surface area contributed by atoms with Crippen LogP contribution in [0.4, 0.5) is 11.5 Å². The molecule has 39 heavy (non-hydrogen) atoms. The van der Waals surface area contributed by atoms with Gasteiger partial charge < -0.3 is 19.7 Å². The van der Waals surface area contributed by atoms with Crippen LogP contribution in [0.5, 0.6) is 11.5 Å². The zero-order chi connectivity index (χ0) is 26.9. The molecule has 9 heteroatoms. The molecule has 0 saturated heterocycles. The van der Waals surface area contributed by atoms with Crippen molar-refractivity contribution in [3.63, 3.8) is 0 Å². The molecule has 3 aromatic carbocycles. The highest BCUT2D eigenvalue weighted by molar-refractivity contribution is 6.36. The van der Waals surface area contributed by atoms with E-state index in [0.717, 1.165) is 39.8 Å². The van der Waals surface area contributed by atoms with Crippen molar-refractivity contribution in [2.24, 2.45) is 0 Å². The minimum Gasteiger partial charge on any atom is -0.485 e. The molecule has 7 nitrogen and oxygen atoms in total. The molecule has 3 heterocycles. The fourth-order valence-corrected chi connectivity index (χ4v) is 4.83. The Kier molecular flexibility index (Phi) is 6.63. The second-order valence-electron chi connectivity index (χ2n) is 9.39. The average Bonchev–Trinajstić information content (AvgIpc) is 3.33. The van der Waals surface area contributed by atoms with Crippen molar-refractivity contribution in [1.29, 1.82) is 0 Å². The molecule has 1 atom stereocenters. The van der Waals surface area contributed by atoms with Crippen molar-refractivity contribution < 1.29 is 9.47 Å². The van der Waals surface area contributed by atoms with Crippen molar-refractivity contribution in [3.05, 3.63) is 108 Å². The Morgan fingerprint density at radius 3 is 2.74 bits per heavy atom. The van der Waals surface area contributed by atoms with Crippen LogP contribution in [0.1, 0.15) is 5.56 Å². The van der Waals surface area contributed by atoms with Crippen molar-refractivity contribution in [2.75, 3.05) is 23.9 Å². The standard InChI is InChI=1S/C30H25BClN5O2/c1-19(28-18-38-26-12-5-6-13-27(26)39-28)34-21-9-7-8-20(14-21)17-36(2)29-15-25(22-10-3-4-11-24(22)32)35-30-23(31)16-33-37(29)30/h3-16,28,34H,1,17-18H2,2H3. The SMILES string of the molecule is [B]c1cnn2c(N(C)Cc3cccc(NC(=C)C4COc5ccccc5O4)c3)cc(-c3ccccc3Cl)nc12. The molecule has 2 aromatic heterocycles. The van der Waals surface area contributed by atoms with Gasteiger partial charge in [0, 0.05) is 42.1 Å². The average molecular weight is 534 g/mol. The van der Waals surface area contributed by atoms with E-state index in [-0.39, 0.29) is 6.10 Å². The predicted octanol–water partition coefficient (Wildman–Crippen LogP) is 5.25. The van der Waals surface area contributed by atoms with Gasteiger partial charge in [-0.2, -0.15) is 9.61 Å². The Morgan fingerprint density at radius 1 is 1.10 bits per heavy atom. The van der Waals surface area contributed by atoms with Crippen LogP contribution in [-0.4, -0.2) is 42.2 Å². The molecule has 0 spiro atoms. The third-order valence-electron chi connectivity index (χ3n) is 6.57. The van der Waals surface area contributed by atoms with Gasteiger partial charge in [0.25, 0.3) is 0 Å². The molecule has 2 radical (unpaired) electrons. The van der Waals surface area contributed by atoms with E-state index in [9.17, 15) is 0 Å². The molecule has 0 saturated carbocycles. The van der Waals surface area contributed by atoms with Gasteiger partial charge in [-0.3, -0.25) is 0 Å². The summed E-state index contributed by atoms with van der Waals surface area (Å²) in [6.45, 7) is 5.20. The van der Waals surface area contributed by atoms with Crippen molar-refractivity contribution in [1.82, 2.24) is 14.6 Å². The number of para-hydroxylation sites is 2. The van der Waals surface area contributed by atoms with Crippen LogP contribution in [0.2, 0.25) is 5.02 Å². The van der Waals surface area contributed by atoms with Crippen LogP contribution in [0, 0.1) is 0 Å². The van der Waals surface area contributed by atoms with E-state index < -0.39 is 0 Å². The largest absolute Gasteiger partial charge is 0.485 e. The number of ether oxygens (including phenoxy) is 2. The van der Waals surface area contributed by atoms with Gasteiger partial charge in [-0.25, -0.2) is 4.98 Å². The molecule has 1 N–H and O–H groups in total. The van der Waals surface area contributed by atoms with Gasteiger partial charge in [0.2, 0.25) is 0 Å². The molecule has 192 valence electrons. The zero-order valence-corrected chi connectivity index (χ0v) is 22.1. The maximum atomic E-state index is 6.49. The third-order valence-corrected chi connectivity index (χ3v) is 6.90. The first kappa shape index (κ1) is 24.9. The predicted molar refractivity (Wildman–Crippen MR) is 156 cm³/mol. The summed E-state index contributed by atoms with van der Waals surface area (Å²) in [5, 5.41) is 8.48. The van der Waals surface area contributed by atoms with Gasteiger partial charge in [0.1, 0.15) is 20.3 Å². The first-order valence-electron chi connectivity index (χ1n) is 12.5. The summed E-state index contributed by atoms with van der Waals surface area (Å²) in [7, 11) is 8.21. The molecule has 1 unspecified atom stereocenters. The lowest BCUT2D eigenvalue weighted by Crippen LogP contribution is -2.33. The zero-order valence-electron chi connectivity index (χ0n) is 21.3. The van der Waals surface area contributed by atoms with E-state index in [1.807, 2.05) is 73.8 Å². The summed E-state index contributed by atoms with van der Waals surface area (Å²) in [4.78, 5) is 6.85. The Labute approximate surface area is 233 Å². The number of nitrogens with one attached hydrogen (secondary N) is 1. The normalized spacial score (nSPS) is 14.3. The summed E-state index contributed by atoms with van der Waals surface area (Å²) in [5.41, 5.74) is 5.36. The number of aromatic nitrogens is 3. The Morgan fingerprint density at radius 2 is 1.90 bits per heavy atom. The van der Waals surface area contributed by atoms with E-state index >= 15 is 0 Å². The van der Waals surface area contributed by atoms with Gasteiger partial charge >= 0.3 is 0 Å². The van der Waals surface area contributed by atoms with Crippen LogP contribution >= 0.6 is 11.6 Å². The second kappa shape index (κ2) is 10.4. The first-order chi connectivity index (χ1) is 19.0. The highest BCUT2D eigenvalue weighted by atomic mass is 35.5. The Hall–Kier alpha value is -4.43. The highest BCUT2D eigenvalue weighted by Gasteiger charge is 2.23. The topological polar surface area (TPSA) is 63.9 Å². The van der Waals surface area contributed by atoms with Crippen molar-refractivity contribution >= 4 is 42.1 Å². The fourth-order valence-electron chi connectivity index (χ4n) is 4.60. The summed E-state index contributed by atoms with van der Waals surface area (Å²) in [5.74, 6) is 2.29. The maximum absolute atomic E-state index is 6.49. The molecule has 0 bridgehead atoms. The minimum absolute atomic E-state index is 0.301. The number of nitrogens with zero attached hydrogens (tertiary/aromatic N) is 4. The summed E-state index contributed by atoms with van der Waals surface area (Å²) in [6, 6.07) is 25.4. The van der Waals surface area contributed by atoms with Gasteiger partial charge in [-0.05, 0) is 41.4 Å². The summed E-state index contributed by atoms with van der Waals surface area (Å²) in [6.07, 6.45) is 1.31. The first-order valence-corrected chi connectivity index (χ1v) is 12.9. The quantitative estimate of drug-likeness (QED) is 0.289. The van der Waals surface area contributed by atoms with Crippen molar-refractivity contribution in [3.8, 4) is 22.8 Å². The van der Waals surface area contributed by atoms with E-state index in [2.05, 4.69) is 34.0 Å². The van der Waals surface area contributed by atoms with Crippen LogP contribution in [0.3, 0.4) is 0 Å². The van der Waals surface area contributed by atoms with Crippen LogP contribution in [0.15, 0.2) is 97.3 Å². The third kappa shape index (κ3) is 5.03. The van der Waals surface area contributed by atoms with Gasteiger partial charge in [-0.1, -0.05) is 60.6 Å². The number of rotatable bonds is 7. The smallest absolute Gasteiger partial charge is 0.172 e. The molecular formula is C30H25BClN5O2. The van der Waals surface area contributed by atoms with Gasteiger partial charge in [0.15, 0.2) is 23.3 Å². The minimum atomic E-state index is -0.301. The van der Waals surface area contributed by atoms with E-state index in [0.29, 0.717) is 35.0 Å². The number of halogens is 1. The lowest BCUT2D eigenvalue weighted by Gasteiger charge is -2.28. The van der Waals surface area contributed by atoms with E-state index in [4.69, 9.17) is 33.9 Å². The summed E-state index contributed by atoms with van der Waals surface area (Å²) >= 11 is 6.49. The Bertz CT molecular complexity index is 1690. The van der Waals surface area contributed by atoms with Gasteiger partial charge in [0.05, 0.1) is 11.4 Å². The number of fused-ring (bicyclic) bond motifs is 2. The molecule has 0 aliphatic carbocycles. The molecule has 6 rings (SSSR count). The lowest BCUT2D eigenvalue weighted by atomic mass is 10.0. The van der Waals surface area contributed by atoms with Crippen molar-refractivity contribution in [2.45, 2.75) is 12.6 Å². The molecule has 5 aromatic rings. The van der Waals surface area contributed by atoms with E-state index in [1.54, 1.807) is 10.7 Å². The second-order valence-corrected chi connectivity index (χ2v) is 9.79. The molecule has 1 aliphatic heterocycles. The molecule has 1 aliphatic rings. The number of anilines is 2. The van der Waals surface area contributed by atoms with Crippen LogP contribution < -0.4 is 25.2 Å². The maximum Gasteiger partial charge on any atom is 0.172 e. The fraction of sp³-hybridized carbons (Fsp3) is 0.133. The number of hydrogen-bond donors (Lipinski definition) is 1. The Balaban J connectivity index is 1.22. The summed E-state index contributed by atoms with van der Waals surface area (Å²) < 4.78 is 13.7. The molecular weight excluding hydrogens is 509 g/mol. The van der Waals surface area contributed by atoms with E-state index in [1.165, 1.54) is 0 Å². The molecule has 0 fully saturated rings. The van der Waals surface area contributed by atoms with Crippen LogP contribution in [-0.2, 0) is 6.54 Å². The van der Waals surface area contributed by atoms with Gasteiger partial charge in [-0.15, -0.1) is 0 Å². The van der Waals surface area contributed by atoms with Crippen LogP contribution in [0.25, 0.3) is 16.9 Å². The number of benzene rings is 3. The molecule has 0 amide bonds. The number of hydrogen-bond acceptors (Lipinski definition) is 6.